The Kier molecular flexibility index (Phi) is 7.30. The van der Waals surface area contributed by atoms with Gasteiger partial charge in [0, 0.05) is 35.0 Å². The van der Waals surface area contributed by atoms with Gasteiger partial charge < -0.3 is 29.3 Å². The third-order valence-electron chi connectivity index (χ3n) is 7.03. The number of carbonyl (C=O) groups excluding carboxylic acids is 1. The molecule has 0 unspecified atom stereocenters. The topological polar surface area (TPSA) is 82.0 Å². The second-order valence-corrected chi connectivity index (χ2v) is 10.4. The molecular weight excluding hydrogens is 504 g/mol. The van der Waals surface area contributed by atoms with E-state index in [2.05, 4.69) is 49.6 Å². The second-order valence-electron chi connectivity index (χ2n) is 10.4. The number of rotatable bonds is 8. The normalized spacial score (nSPS) is 13.5. The molecule has 2 heterocycles. The molecule has 0 spiro atoms. The summed E-state index contributed by atoms with van der Waals surface area (Å²) in [7, 11) is 3.28. The number of benzene rings is 3. The third kappa shape index (κ3) is 5.27. The molecule has 0 amide bonds. The molecule has 206 valence electrons. The second kappa shape index (κ2) is 10.8. The summed E-state index contributed by atoms with van der Waals surface area (Å²) in [6, 6.07) is 19.2. The predicted molar refractivity (Wildman–Crippen MR) is 159 cm³/mol. The van der Waals surface area contributed by atoms with Crippen molar-refractivity contribution in [2.45, 2.75) is 39.8 Å². The van der Waals surface area contributed by atoms with E-state index in [-0.39, 0.29) is 11.3 Å². The summed E-state index contributed by atoms with van der Waals surface area (Å²) in [5.41, 5.74) is 7.86. The van der Waals surface area contributed by atoms with E-state index in [1.54, 1.807) is 39.3 Å². The number of hydrogen-bond acceptors (Lipinski definition) is 7. The summed E-state index contributed by atoms with van der Waals surface area (Å²) in [6.45, 7) is 8.81. The van der Waals surface area contributed by atoms with E-state index in [1.165, 1.54) is 11.8 Å². The fourth-order valence-corrected chi connectivity index (χ4v) is 5.30. The lowest BCUT2D eigenvalue weighted by Gasteiger charge is -2.33. The van der Waals surface area contributed by atoms with Gasteiger partial charge in [-0.1, -0.05) is 24.3 Å². The number of aryl methyl sites for hydroxylation is 1. The molecule has 0 aliphatic carbocycles. The van der Waals surface area contributed by atoms with E-state index in [4.69, 9.17) is 18.6 Å². The van der Waals surface area contributed by atoms with Gasteiger partial charge in [-0.3, -0.25) is 0 Å². The maximum absolute atomic E-state index is 12.6. The standard InChI is InChI=1S/C33H34N2O5/c1-20-15-16-39-31(20)32(36)40-22-11-12-24(29(17-22)38-6)23-13-14-27-30(21(2)18-33(3,4)35-27)25(23)19-34-26-9-7-8-10-28(26)37-5/h7-18,34-35H,19H2,1-6H3. The lowest BCUT2D eigenvalue weighted by atomic mass is 9.85. The number of fused-ring (bicyclic) bond motifs is 1. The summed E-state index contributed by atoms with van der Waals surface area (Å²) in [5, 5.41) is 7.23. The van der Waals surface area contributed by atoms with Crippen LogP contribution >= 0.6 is 0 Å². The molecule has 40 heavy (non-hydrogen) atoms. The summed E-state index contributed by atoms with van der Waals surface area (Å²) < 4.78 is 22.3. The van der Waals surface area contributed by atoms with Crippen LogP contribution < -0.4 is 24.8 Å². The van der Waals surface area contributed by atoms with E-state index < -0.39 is 5.97 Å². The molecule has 0 saturated carbocycles. The van der Waals surface area contributed by atoms with E-state index in [9.17, 15) is 4.79 Å². The van der Waals surface area contributed by atoms with Gasteiger partial charge in [0.25, 0.3) is 0 Å². The molecule has 2 N–H and O–H groups in total. The number of esters is 1. The first-order valence-corrected chi connectivity index (χ1v) is 13.2. The van der Waals surface area contributed by atoms with Crippen LogP contribution in [0.25, 0.3) is 16.7 Å². The Morgan fingerprint density at radius 1 is 0.950 bits per heavy atom. The molecule has 7 nitrogen and oxygen atoms in total. The third-order valence-corrected chi connectivity index (χ3v) is 7.03. The van der Waals surface area contributed by atoms with E-state index in [0.717, 1.165) is 44.9 Å². The van der Waals surface area contributed by atoms with Gasteiger partial charge in [0.1, 0.15) is 17.2 Å². The highest BCUT2D eigenvalue weighted by Crippen LogP contribution is 2.43. The molecule has 1 aromatic heterocycles. The number of ether oxygens (including phenoxy) is 3. The first kappa shape index (κ1) is 26.9. The van der Waals surface area contributed by atoms with Crippen molar-refractivity contribution in [3.63, 3.8) is 0 Å². The molecule has 1 aliphatic heterocycles. The maximum Gasteiger partial charge on any atom is 0.379 e. The van der Waals surface area contributed by atoms with Crippen molar-refractivity contribution in [2.75, 3.05) is 24.9 Å². The highest BCUT2D eigenvalue weighted by molar-refractivity contribution is 5.91. The van der Waals surface area contributed by atoms with E-state index >= 15 is 0 Å². The Hall–Kier alpha value is -4.65. The fourth-order valence-electron chi connectivity index (χ4n) is 5.30. The SMILES string of the molecule is COc1ccccc1NCc1c(-c2ccc(OC(=O)c3occc3C)cc2OC)ccc2c1C(C)=CC(C)(C)N2. The lowest BCUT2D eigenvalue weighted by molar-refractivity contribution is 0.0700. The quantitative estimate of drug-likeness (QED) is 0.176. The smallest absolute Gasteiger partial charge is 0.379 e. The van der Waals surface area contributed by atoms with Crippen LogP contribution in [0, 0.1) is 6.92 Å². The Balaban J connectivity index is 1.57. The summed E-state index contributed by atoms with van der Waals surface area (Å²) >= 11 is 0. The zero-order valence-corrected chi connectivity index (χ0v) is 23.7. The number of carbonyl (C=O) groups is 1. The van der Waals surface area contributed by atoms with Crippen LogP contribution in [0.1, 0.15) is 48.0 Å². The van der Waals surface area contributed by atoms with Crippen molar-refractivity contribution in [3.8, 4) is 28.4 Å². The van der Waals surface area contributed by atoms with Crippen molar-refractivity contribution in [2.24, 2.45) is 0 Å². The monoisotopic (exact) mass is 538 g/mol. The van der Waals surface area contributed by atoms with Gasteiger partial charge in [-0.05, 0) is 80.8 Å². The van der Waals surface area contributed by atoms with Crippen LogP contribution in [0.3, 0.4) is 0 Å². The molecule has 5 rings (SSSR count). The van der Waals surface area contributed by atoms with Crippen molar-refractivity contribution in [1.82, 2.24) is 0 Å². The van der Waals surface area contributed by atoms with Gasteiger partial charge in [0.15, 0.2) is 0 Å². The molecule has 0 bridgehead atoms. The summed E-state index contributed by atoms with van der Waals surface area (Å²) in [5.74, 6) is 1.36. The van der Waals surface area contributed by atoms with Gasteiger partial charge in [-0.25, -0.2) is 4.79 Å². The molecule has 0 atom stereocenters. The number of para-hydroxylation sites is 2. The van der Waals surface area contributed by atoms with Crippen LogP contribution in [0.4, 0.5) is 11.4 Å². The van der Waals surface area contributed by atoms with E-state index in [0.29, 0.717) is 18.0 Å². The van der Waals surface area contributed by atoms with Crippen molar-refractivity contribution >= 4 is 22.9 Å². The minimum Gasteiger partial charge on any atom is -0.496 e. The molecule has 0 radical (unpaired) electrons. The number of furan rings is 1. The Labute approximate surface area is 234 Å². The maximum atomic E-state index is 12.6. The number of anilines is 2. The number of hydrogen-bond donors (Lipinski definition) is 2. The number of methoxy groups -OCH3 is 2. The van der Waals surface area contributed by atoms with Crippen LogP contribution in [-0.2, 0) is 6.54 Å². The average Bonchev–Trinajstić information content (AvgIpc) is 3.37. The Morgan fingerprint density at radius 3 is 2.42 bits per heavy atom. The fraction of sp³-hybridized carbons (Fsp3) is 0.242. The Morgan fingerprint density at radius 2 is 1.70 bits per heavy atom. The van der Waals surface area contributed by atoms with Gasteiger partial charge in [-0.15, -0.1) is 0 Å². The molecule has 7 heteroatoms. The first-order chi connectivity index (χ1) is 19.2. The molecule has 0 saturated heterocycles. The highest BCUT2D eigenvalue weighted by Gasteiger charge is 2.27. The minimum absolute atomic E-state index is 0.165. The zero-order valence-electron chi connectivity index (χ0n) is 23.7. The lowest BCUT2D eigenvalue weighted by Crippen LogP contribution is -2.32. The van der Waals surface area contributed by atoms with Crippen molar-refractivity contribution < 1.29 is 23.4 Å². The molecule has 4 aromatic rings. The number of allylic oxidation sites excluding steroid dienone is 1. The molecule has 1 aliphatic rings. The predicted octanol–water partition coefficient (Wildman–Crippen LogP) is 7.71. The van der Waals surface area contributed by atoms with Crippen LogP contribution in [0.5, 0.6) is 17.2 Å². The summed E-state index contributed by atoms with van der Waals surface area (Å²) in [6.07, 6.45) is 3.72. The van der Waals surface area contributed by atoms with Gasteiger partial charge in [0.05, 0.1) is 31.7 Å². The molecular formula is C33H34N2O5. The van der Waals surface area contributed by atoms with Gasteiger partial charge in [0.2, 0.25) is 5.76 Å². The van der Waals surface area contributed by atoms with Gasteiger partial charge >= 0.3 is 5.97 Å². The highest BCUT2D eigenvalue weighted by atomic mass is 16.5. The van der Waals surface area contributed by atoms with Crippen LogP contribution in [0.15, 0.2) is 77.4 Å². The largest absolute Gasteiger partial charge is 0.496 e. The first-order valence-electron chi connectivity index (χ1n) is 13.2. The van der Waals surface area contributed by atoms with E-state index in [1.807, 2.05) is 30.3 Å². The number of nitrogens with one attached hydrogen (secondary N) is 2. The molecule has 3 aromatic carbocycles. The van der Waals surface area contributed by atoms with Crippen LogP contribution in [-0.4, -0.2) is 25.7 Å². The van der Waals surface area contributed by atoms with Crippen molar-refractivity contribution in [3.05, 3.63) is 95.5 Å². The Bertz CT molecular complexity index is 1600. The average molecular weight is 539 g/mol. The molecule has 0 fully saturated rings. The van der Waals surface area contributed by atoms with Crippen molar-refractivity contribution in [1.29, 1.82) is 0 Å². The van der Waals surface area contributed by atoms with Gasteiger partial charge in [-0.2, -0.15) is 0 Å². The minimum atomic E-state index is -0.553. The zero-order chi connectivity index (χ0) is 28.4. The summed E-state index contributed by atoms with van der Waals surface area (Å²) in [4.78, 5) is 12.6. The van der Waals surface area contributed by atoms with Crippen LogP contribution in [0.2, 0.25) is 0 Å².